The first kappa shape index (κ1) is 23.8. The van der Waals surface area contributed by atoms with Crippen LogP contribution in [-0.2, 0) is 20.9 Å². The molecular formula is C22H20Cl2N2O5S. The van der Waals surface area contributed by atoms with Crippen molar-refractivity contribution in [1.82, 2.24) is 9.47 Å². The minimum Gasteiger partial charge on any atom is -0.463 e. The number of aromatic nitrogens is 1. The summed E-state index contributed by atoms with van der Waals surface area (Å²) >= 11 is 13.3. The first-order valence-electron chi connectivity index (χ1n) is 9.55. The lowest BCUT2D eigenvalue weighted by atomic mass is 10.2. The van der Waals surface area contributed by atoms with Crippen molar-refractivity contribution < 1.29 is 18.7 Å². The summed E-state index contributed by atoms with van der Waals surface area (Å²) in [7, 11) is 3.18. The van der Waals surface area contributed by atoms with Gasteiger partial charge in [-0.2, -0.15) is 0 Å². The maximum absolute atomic E-state index is 13.0. The fourth-order valence-corrected chi connectivity index (χ4v) is 4.14. The fourth-order valence-electron chi connectivity index (χ4n) is 2.74. The van der Waals surface area contributed by atoms with Crippen LogP contribution in [0.5, 0.6) is 0 Å². The molecule has 0 aliphatic carbocycles. The maximum atomic E-state index is 13.0. The molecule has 0 radical (unpaired) electrons. The maximum Gasteiger partial charge on any atom is 0.333 e. The van der Waals surface area contributed by atoms with Crippen molar-refractivity contribution in [2.45, 2.75) is 13.5 Å². The van der Waals surface area contributed by atoms with Crippen molar-refractivity contribution in [3.63, 3.8) is 0 Å². The smallest absolute Gasteiger partial charge is 0.333 e. The van der Waals surface area contributed by atoms with Gasteiger partial charge in [0.1, 0.15) is 22.7 Å². The zero-order valence-electron chi connectivity index (χ0n) is 17.6. The molecule has 32 heavy (non-hydrogen) atoms. The first-order valence-corrected chi connectivity index (χ1v) is 11.1. The van der Waals surface area contributed by atoms with Gasteiger partial charge in [-0.05, 0) is 37.3 Å². The number of rotatable bonds is 6. The van der Waals surface area contributed by atoms with E-state index in [4.69, 9.17) is 32.4 Å². The van der Waals surface area contributed by atoms with E-state index in [0.29, 0.717) is 36.3 Å². The third kappa shape index (κ3) is 5.51. The minimum absolute atomic E-state index is 0.196. The van der Waals surface area contributed by atoms with Crippen molar-refractivity contribution in [1.29, 1.82) is 0 Å². The lowest BCUT2D eigenvalue weighted by Gasteiger charge is -2.10. The van der Waals surface area contributed by atoms with E-state index in [2.05, 4.69) is 0 Å². The number of hydrogen-bond donors (Lipinski definition) is 0. The van der Waals surface area contributed by atoms with Crippen LogP contribution in [-0.4, -0.2) is 42.0 Å². The second-order valence-electron chi connectivity index (χ2n) is 6.85. The number of esters is 1. The molecular weight excluding hydrogens is 475 g/mol. The standard InChI is InChI=1S/C22H20Cl2N2O5S/c1-4-30-21(28)11-20-26(12-19(27)25(2)3)22(29)18(32-20)10-14-6-8-17(31-14)15-9-13(23)5-7-16(15)24/h5-11H,4,12H2,1-3H3/b18-10-,20-11+. The van der Waals surface area contributed by atoms with E-state index in [-0.39, 0.29) is 19.1 Å². The number of carbonyl (C=O) groups excluding carboxylic acids is 2. The van der Waals surface area contributed by atoms with E-state index >= 15 is 0 Å². The monoisotopic (exact) mass is 494 g/mol. The topological polar surface area (TPSA) is 81.7 Å². The fraction of sp³-hybridized carbons (Fsp3) is 0.227. The van der Waals surface area contributed by atoms with E-state index in [1.54, 1.807) is 57.4 Å². The van der Waals surface area contributed by atoms with Crippen LogP contribution in [0, 0.1) is 0 Å². The van der Waals surface area contributed by atoms with Crippen LogP contribution >= 0.6 is 34.5 Å². The van der Waals surface area contributed by atoms with Crippen molar-refractivity contribution in [2.24, 2.45) is 0 Å². The highest BCUT2D eigenvalue weighted by atomic mass is 35.5. The average molecular weight is 495 g/mol. The number of carbonyl (C=O) groups is 2. The average Bonchev–Trinajstić information content (AvgIpc) is 3.30. The van der Waals surface area contributed by atoms with Crippen LogP contribution in [0.1, 0.15) is 12.7 Å². The number of benzene rings is 1. The molecule has 0 aliphatic rings. The Morgan fingerprint density at radius 3 is 2.66 bits per heavy atom. The quantitative estimate of drug-likeness (QED) is 0.492. The SMILES string of the molecule is CCOC(=O)/C=c1/s/c(=C\c2ccc(-c3cc(Cl)ccc3Cl)o2)c(=O)n1CC(=O)N(C)C. The Labute approximate surface area is 197 Å². The molecule has 0 atom stereocenters. The molecule has 0 N–H and O–H groups in total. The largest absolute Gasteiger partial charge is 0.463 e. The Balaban J connectivity index is 2.08. The van der Waals surface area contributed by atoms with Gasteiger partial charge in [0.05, 0.1) is 22.2 Å². The molecule has 7 nitrogen and oxygen atoms in total. The van der Waals surface area contributed by atoms with Gasteiger partial charge in [0.2, 0.25) is 5.91 Å². The minimum atomic E-state index is -0.595. The number of thiazole rings is 1. The zero-order chi connectivity index (χ0) is 23.4. The van der Waals surface area contributed by atoms with Gasteiger partial charge in [-0.3, -0.25) is 14.2 Å². The highest BCUT2D eigenvalue weighted by Gasteiger charge is 2.13. The van der Waals surface area contributed by atoms with E-state index in [9.17, 15) is 14.4 Å². The number of furan rings is 1. The molecule has 168 valence electrons. The summed E-state index contributed by atoms with van der Waals surface area (Å²) in [6.07, 6.45) is 2.75. The molecule has 0 bridgehead atoms. The normalized spacial score (nSPS) is 12.3. The number of ether oxygens (including phenoxy) is 1. The zero-order valence-corrected chi connectivity index (χ0v) is 19.9. The van der Waals surface area contributed by atoms with Crippen LogP contribution in [0.4, 0.5) is 0 Å². The molecule has 0 saturated carbocycles. The number of hydrogen-bond acceptors (Lipinski definition) is 6. The molecule has 2 heterocycles. The van der Waals surface area contributed by atoms with E-state index in [1.165, 1.54) is 15.5 Å². The van der Waals surface area contributed by atoms with Gasteiger partial charge in [-0.1, -0.05) is 23.2 Å². The summed E-state index contributed by atoms with van der Waals surface area (Å²) in [5.74, 6) is 0.0120. The van der Waals surface area contributed by atoms with E-state index < -0.39 is 11.5 Å². The number of likely N-dealkylation sites (N-methyl/N-ethyl adjacent to an activating group) is 1. The highest BCUT2D eigenvalue weighted by molar-refractivity contribution is 7.07. The summed E-state index contributed by atoms with van der Waals surface area (Å²) in [5, 5.41) is 0.986. The molecule has 0 unspecified atom stereocenters. The van der Waals surface area contributed by atoms with Crippen LogP contribution in [0.2, 0.25) is 10.0 Å². The van der Waals surface area contributed by atoms with Crippen LogP contribution in [0.15, 0.2) is 39.5 Å². The van der Waals surface area contributed by atoms with Crippen molar-refractivity contribution in [2.75, 3.05) is 20.7 Å². The Bertz CT molecular complexity index is 1340. The van der Waals surface area contributed by atoms with Crippen LogP contribution in [0.3, 0.4) is 0 Å². The highest BCUT2D eigenvalue weighted by Crippen LogP contribution is 2.31. The predicted octanol–water partition coefficient (Wildman–Crippen LogP) is 2.74. The third-order valence-corrected chi connectivity index (χ3v) is 5.98. The Hall–Kier alpha value is -2.81. The Kier molecular flexibility index (Phi) is 7.60. The van der Waals surface area contributed by atoms with Gasteiger partial charge in [0, 0.05) is 30.8 Å². The lowest BCUT2D eigenvalue weighted by molar-refractivity contribution is -0.135. The molecule has 0 aliphatic heterocycles. The van der Waals surface area contributed by atoms with E-state index in [1.807, 2.05) is 0 Å². The molecule has 3 aromatic rings. The molecule has 0 fully saturated rings. The Morgan fingerprint density at radius 1 is 1.22 bits per heavy atom. The van der Waals surface area contributed by atoms with Crippen LogP contribution in [0.25, 0.3) is 23.5 Å². The van der Waals surface area contributed by atoms with Gasteiger partial charge >= 0.3 is 5.97 Å². The van der Waals surface area contributed by atoms with Crippen molar-refractivity contribution in [3.05, 3.63) is 65.7 Å². The Morgan fingerprint density at radius 2 is 1.97 bits per heavy atom. The van der Waals surface area contributed by atoms with Gasteiger partial charge in [0.15, 0.2) is 0 Å². The molecule has 2 aromatic heterocycles. The molecule has 1 aromatic carbocycles. The molecule has 3 rings (SSSR count). The number of halogens is 2. The van der Waals surface area contributed by atoms with Crippen molar-refractivity contribution >= 4 is 58.6 Å². The van der Waals surface area contributed by atoms with Gasteiger partial charge in [0.25, 0.3) is 5.56 Å². The van der Waals surface area contributed by atoms with Crippen molar-refractivity contribution in [3.8, 4) is 11.3 Å². The lowest BCUT2D eigenvalue weighted by Crippen LogP contribution is -2.38. The predicted molar refractivity (Wildman–Crippen MR) is 125 cm³/mol. The molecule has 0 spiro atoms. The van der Waals surface area contributed by atoms with Gasteiger partial charge in [-0.15, -0.1) is 11.3 Å². The third-order valence-electron chi connectivity index (χ3n) is 4.35. The van der Waals surface area contributed by atoms with Crippen LogP contribution < -0.4 is 14.8 Å². The van der Waals surface area contributed by atoms with Gasteiger partial charge < -0.3 is 14.1 Å². The summed E-state index contributed by atoms with van der Waals surface area (Å²) in [4.78, 5) is 38.5. The summed E-state index contributed by atoms with van der Waals surface area (Å²) < 4.78 is 12.6. The second-order valence-corrected chi connectivity index (χ2v) is 8.76. The second kappa shape index (κ2) is 10.2. The summed E-state index contributed by atoms with van der Waals surface area (Å²) in [6.45, 7) is 1.67. The number of nitrogens with zero attached hydrogens (tertiary/aromatic N) is 2. The molecule has 1 amide bonds. The first-order chi connectivity index (χ1) is 15.2. The summed E-state index contributed by atoms with van der Waals surface area (Å²) in [5.41, 5.74) is 0.204. The number of amides is 1. The summed E-state index contributed by atoms with van der Waals surface area (Å²) in [6, 6.07) is 8.44. The van der Waals surface area contributed by atoms with E-state index in [0.717, 1.165) is 11.3 Å². The molecule has 10 heteroatoms. The molecule has 0 saturated heterocycles. The van der Waals surface area contributed by atoms with Gasteiger partial charge in [-0.25, -0.2) is 4.79 Å².